The van der Waals surface area contributed by atoms with Gasteiger partial charge in [0.1, 0.15) is 11.6 Å². The Morgan fingerprint density at radius 3 is 2.07 bits per heavy atom. The van der Waals surface area contributed by atoms with Crippen molar-refractivity contribution in [1.82, 2.24) is 19.7 Å². The van der Waals surface area contributed by atoms with E-state index in [1.54, 1.807) is 13.0 Å². The molecule has 2 aromatic heterocycles. The fourth-order valence-electron chi connectivity index (χ4n) is 7.44. The van der Waals surface area contributed by atoms with Gasteiger partial charge in [-0.2, -0.15) is 5.10 Å². The number of carboxylic acids is 1. The summed E-state index contributed by atoms with van der Waals surface area (Å²) < 4.78 is 18.0. The lowest BCUT2D eigenvalue weighted by molar-refractivity contribution is -0.184. The fraction of sp³-hybridized carbons (Fsp3) is 0.688. The van der Waals surface area contributed by atoms with Gasteiger partial charge in [0.15, 0.2) is 5.82 Å². The van der Waals surface area contributed by atoms with Crippen LogP contribution in [0.2, 0.25) is 0 Å². The molecule has 3 N–H and O–H groups in total. The van der Waals surface area contributed by atoms with E-state index in [9.17, 15) is 19.8 Å². The van der Waals surface area contributed by atoms with Crippen molar-refractivity contribution in [2.45, 2.75) is 108 Å². The smallest absolute Gasteiger partial charge is 0.407 e. The molecule has 0 saturated carbocycles. The third-order valence-corrected chi connectivity index (χ3v) is 8.87. The molecule has 3 rings (SSSR count). The predicted octanol–water partition coefficient (Wildman–Crippen LogP) is 7.11. The van der Waals surface area contributed by atoms with E-state index in [-0.39, 0.29) is 24.2 Å². The zero-order valence-corrected chi connectivity index (χ0v) is 27.4. The van der Waals surface area contributed by atoms with Crippen LogP contribution in [0.15, 0.2) is 12.1 Å². The standard InChI is InChI=1S/C32H50FN5O4/c1-13-20-15-23(35-24-14-18(2)38(36-24)31(10,11)12)34-21(25(20)33)16-32(27(39)40)22(29(4,5)6)17-37(28(41)42)19(3)26(32)30(7,8)9/h14-15,19,22,26H,13,16-17H2,1-12H3,(H,39,40)(H,41,42)(H,34,35,36)/t19-,22?,26?,32-/m1/s1. The highest BCUT2D eigenvalue weighted by molar-refractivity contribution is 5.78. The van der Waals surface area contributed by atoms with E-state index in [2.05, 4.69) is 36.2 Å². The largest absolute Gasteiger partial charge is 0.481 e. The zero-order valence-electron chi connectivity index (χ0n) is 27.4. The van der Waals surface area contributed by atoms with Crippen LogP contribution in [0.25, 0.3) is 0 Å². The van der Waals surface area contributed by atoms with Crippen LogP contribution in [-0.2, 0) is 23.2 Å². The second-order valence-corrected chi connectivity index (χ2v) is 15.1. The summed E-state index contributed by atoms with van der Waals surface area (Å²) in [5.41, 5.74) is -1.52. The van der Waals surface area contributed by atoms with Crippen molar-refractivity contribution in [1.29, 1.82) is 0 Å². The molecule has 42 heavy (non-hydrogen) atoms. The SMILES string of the molecule is CCc1cc(Nc2cc(C)n(C(C)(C)C)n2)nc(C[C@@]2(C(=O)O)C(C(C)(C)C)CN(C(=O)O)[C@H](C)C2C(C)(C)C)c1F. The number of carboxylic acid groups (broad SMARTS) is 2. The molecule has 9 nitrogen and oxygen atoms in total. The minimum Gasteiger partial charge on any atom is -0.481 e. The minimum absolute atomic E-state index is 0.0303. The van der Waals surface area contributed by atoms with Gasteiger partial charge in [0.25, 0.3) is 0 Å². The van der Waals surface area contributed by atoms with Crippen LogP contribution < -0.4 is 5.32 Å². The highest BCUT2D eigenvalue weighted by Crippen LogP contribution is 2.58. The third-order valence-electron chi connectivity index (χ3n) is 8.87. The number of aliphatic carboxylic acids is 1. The molecule has 0 bridgehead atoms. The lowest BCUT2D eigenvalue weighted by Gasteiger charge is -2.60. The van der Waals surface area contributed by atoms with Crippen molar-refractivity contribution >= 4 is 23.7 Å². The van der Waals surface area contributed by atoms with Gasteiger partial charge in [-0.05, 0) is 69.4 Å². The van der Waals surface area contributed by atoms with Crippen LogP contribution in [-0.4, -0.2) is 54.5 Å². The number of pyridine rings is 1. The topological polar surface area (TPSA) is 121 Å². The monoisotopic (exact) mass is 587 g/mol. The molecule has 0 spiro atoms. The Morgan fingerprint density at radius 2 is 1.64 bits per heavy atom. The average molecular weight is 588 g/mol. The lowest BCUT2D eigenvalue weighted by Crippen LogP contribution is -2.68. The van der Waals surface area contributed by atoms with Gasteiger partial charge in [-0.15, -0.1) is 0 Å². The number of carbonyl (C=O) groups is 2. The molecule has 1 aliphatic rings. The highest BCUT2D eigenvalue weighted by atomic mass is 19.1. The van der Waals surface area contributed by atoms with Gasteiger partial charge in [0, 0.05) is 36.7 Å². The van der Waals surface area contributed by atoms with Crippen molar-refractivity contribution in [3.05, 3.63) is 34.9 Å². The first-order valence-electron chi connectivity index (χ1n) is 14.8. The number of nitrogens with zero attached hydrogens (tertiary/aromatic N) is 4. The van der Waals surface area contributed by atoms with E-state index in [1.807, 2.05) is 66.1 Å². The van der Waals surface area contributed by atoms with Gasteiger partial charge < -0.3 is 20.4 Å². The maximum absolute atomic E-state index is 16.1. The minimum atomic E-state index is -1.50. The van der Waals surface area contributed by atoms with Crippen LogP contribution in [0.1, 0.15) is 93.1 Å². The van der Waals surface area contributed by atoms with E-state index < -0.39 is 52.0 Å². The van der Waals surface area contributed by atoms with Crippen molar-refractivity contribution in [2.24, 2.45) is 28.1 Å². The van der Waals surface area contributed by atoms with Crippen molar-refractivity contribution < 1.29 is 24.2 Å². The summed E-state index contributed by atoms with van der Waals surface area (Å²) in [5, 5.41) is 29.2. The molecule has 2 aromatic rings. The van der Waals surface area contributed by atoms with E-state index in [4.69, 9.17) is 0 Å². The Kier molecular flexibility index (Phi) is 8.85. The Morgan fingerprint density at radius 1 is 1.05 bits per heavy atom. The van der Waals surface area contributed by atoms with Crippen molar-refractivity contribution in [3.63, 3.8) is 0 Å². The Labute approximate surface area is 249 Å². The first-order valence-corrected chi connectivity index (χ1v) is 14.8. The summed E-state index contributed by atoms with van der Waals surface area (Å²) in [6, 6.07) is 2.93. The number of rotatable bonds is 6. The van der Waals surface area contributed by atoms with Crippen LogP contribution in [0, 0.1) is 40.8 Å². The van der Waals surface area contributed by atoms with Crippen LogP contribution in [0.3, 0.4) is 0 Å². The van der Waals surface area contributed by atoms with Gasteiger partial charge in [0.2, 0.25) is 0 Å². The second kappa shape index (κ2) is 11.2. The molecule has 1 aliphatic heterocycles. The van der Waals surface area contributed by atoms with Crippen LogP contribution >= 0.6 is 0 Å². The number of hydrogen-bond donors (Lipinski definition) is 3. The van der Waals surface area contributed by atoms with Gasteiger partial charge in [-0.3, -0.25) is 9.48 Å². The van der Waals surface area contributed by atoms with Crippen LogP contribution in [0.5, 0.6) is 0 Å². The number of halogens is 1. The molecular weight excluding hydrogens is 537 g/mol. The normalized spacial score (nSPS) is 23.6. The number of amides is 1. The third kappa shape index (κ3) is 6.13. The van der Waals surface area contributed by atoms with E-state index in [0.717, 1.165) is 5.69 Å². The molecule has 1 amide bonds. The van der Waals surface area contributed by atoms with E-state index in [1.165, 1.54) is 4.90 Å². The first-order chi connectivity index (χ1) is 19.0. The Hall–Kier alpha value is -3.17. The summed E-state index contributed by atoms with van der Waals surface area (Å²) in [4.78, 5) is 32.1. The average Bonchev–Trinajstić information content (AvgIpc) is 3.19. The molecule has 0 aromatic carbocycles. The van der Waals surface area contributed by atoms with E-state index >= 15 is 4.39 Å². The van der Waals surface area contributed by atoms with Gasteiger partial charge in [-0.1, -0.05) is 48.5 Å². The first kappa shape index (κ1) is 33.3. The lowest BCUT2D eigenvalue weighted by atomic mass is 9.48. The number of likely N-dealkylation sites (tertiary alicyclic amines) is 1. The quantitative estimate of drug-likeness (QED) is 0.329. The number of aryl methyl sites for hydroxylation is 2. The molecular formula is C32H50FN5O4. The molecule has 1 saturated heterocycles. The number of anilines is 2. The Balaban J connectivity index is 2.25. The molecule has 0 aliphatic carbocycles. The molecule has 3 heterocycles. The predicted molar refractivity (Wildman–Crippen MR) is 163 cm³/mol. The second-order valence-electron chi connectivity index (χ2n) is 15.1. The maximum atomic E-state index is 16.1. The number of aromatic nitrogens is 3. The Bertz CT molecular complexity index is 1330. The number of hydrogen-bond acceptors (Lipinski definition) is 5. The number of nitrogens with one attached hydrogen (secondary N) is 1. The summed E-state index contributed by atoms with van der Waals surface area (Å²) in [7, 11) is 0. The molecule has 0 radical (unpaired) electrons. The van der Waals surface area contributed by atoms with Crippen LogP contribution in [0.4, 0.5) is 20.8 Å². The van der Waals surface area contributed by atoms with Gasteiger partial charge in [-0.25, -0.2) is 14.2 Å². The summed E-state index contributed by atoms with van der Waals surface area (Å²) in [6.45, 7) is 23.4. The van der Waals surface area contributed by atoms with E-state index in [0.29, 0.717) is 23.6 Å². The summed E-state index contributed by atoms with van der Waals surface area (Å²) in [6.07, 6.45) is -0.868. The molecule has 1 fully saturated rings. The van der Waals surface area contributed by atoms with Crippen molar-refractivity contribution in [3.8, 4) is 0 Å². The molecule has 234 valence electrons. The van der Waals surface area contributed by atoms with Gasteiger partial charge in [0.05, 0.1) is 16.6 Å². The summed E-state index contributed by atoms with van der Waals surface area (Å²) in [5.74, 6) is -1.88. The van der Waals surface area contributed by atoms with Gasteiger partial charge >= 0.3 is 12.1 Å². The fourth-order valence-corrected chi connectivity index (χ4v) is 7.44. The number of piperidine rings is 1. The molecule has 10 heteroatoms. The highest BCUT2D eigenvalue weighted by Gasteiger charge is 2.64. The van der Waals surface area contributed by atoms with Crippen molar-refractivity contribution in [2.75, 3.05) is 11.9 Å². The summed E-state index contributed by atoms with van der Waals surface area (Å²) >= 11 is 0. The molecule has 2 unspecified atom stereocenters. The zero-order chi connectivity index (χ0) is 32.2. The molecule has 4 atom stereocenters. The maximum Gasteiger partial charge on any atom is 0.407 e.